The van der Waals surface area contributed by atoms with E-state index >= 15 is 0 Å². The molecule has 0 amide bonds. The van der Waals surface area contributed by atoms with E-state index in [0.29, 0.717) is 6.04 Å². The molecule has 96 valence electrons. The second-order valence-corrected chi connectivity index (χ2v) is 4.29. The van der Waals surface area contributed by atoms with Crippen LogP contribution < -0.4 is 9.67 Å². The first-order valence-corrected chi connectivity index (χ1v) is 6.11. The zero-order valence-electron chi connectivity index (χ0n) is 11.5. The predicted octanol–water partition coefficient (Wildman–Crippen LogP) is 1.44. The fraction of sp³-hybridized carbons (Fsp3) is 0.571. The number of carboxylic acid groups (broad SMARTS) is 1. The van der Waals surface area contributed by atoms with Gasteiger partial charge in [0.25, 0.3) is 0 Å². The third-order valence-corrected chi connectivity index (χ3v) is 2.41. The van der Waals surface area contributed by atoms with Gasteiger partial charge in [-0.3, -0.25) is 0 Å². The number of aliphatic carboxylic acids is 1. The number of nitrogens with zero attached hydrogens (tertiary/aromatic N) is 1. The van der Waals surface area contributed by atoms with Crippen LogP contribution in [0.5, 0.6) is 0 Å². The lowest BCUT2D eigenvalue weighted by molar-refractivity contribution is -0.716. The van der Waals surface area contributed by atoms with Crippen molar-refractivity contribution < 1.29 is 14.5 Å². The van der Waals surface area contributed by atoms with Crippen molar-refractivity contribution in [2.75, 3.05) is 0 Å². The van der Waals surface area contributed by atoms with Crippen LogP contribution >= 0.6 is 0 Å². The molecule has 1 aromatic rings. The first-order valence-electron chi connectivity index (χ1n) is 6.11. The highest BCUT2D eigenvalue weighted by Gasteiger charge is 2.08. The number of hydrogen-bond acceptors (Lipinski definition) is 2. The van der Waals surface area contributed by atoms with Crippen LogP contribution in [0.1, 0.15) is 51.8 Å². The van der Waals surface area contributed by atoms with Crippen molar-refractivity contribution in [2.45, 2.75) is 53.5 Å². The molecule has 3 nitrogen and oxygen atoms in total. The number of aryl methyl sites for hydroxylation is 2. The smallest absolute Gasteiger partial charge is 0.172 e. The van der Waals surface area contributed by atoms with Gasteiger partial charge in [0.05, 0.1) is 0 Å². The Balaban J connectivity index is 0.000000557. The zero-order valence-corrected chi connectivity index (χ0v) is 11.5. The first-order chi connectivity index (χ1) is 7.90. The van der Waals surface area contributed by atoms with Gasteiger partial charge in [0.15, 0.2) is 18.4 Å². The van der Waals surface area contributed by atoms with Crippen LogP contribution in [0.25, 0.3) is 0 Å². The molecule has 1 heterocycles. The highest BCUT2D eigenvalue weighted by Crippen LogP contribution is 2.05. The molecule has 0 saturated heterocycles. The van der Waals surface area contributed by atoms with Crippen LogP contribution in [0, 0.1) is 0 Å². The third kappa shape index (κ3) is 6.72. The summed E-state index contributed by atoms with van der Waals surface area (Å²) < 4.78 is 2.30. The van der Waals surface area contributed by atoms with Gasteiger partial charge in [0.2, 0.25) is 0 Å². The fourth-order valence-corrected chi connectivity index (χ4v) is 1.42. The van der Waals surface area contributed by atoms with Crippen LogP contribution in [0.2, 0.25) is 0 Å². The van der Waals surface area contributed by atoms with E-state index in [1.807, 2.05) is 0 Å². The van der Waals surface area contributed by atoms with E-state index < -0.39 is 5.97 Å². The van der Waals surface area contributed by atoms with Gasteiger partial charge < -0.3 is 9.90 Å². The van der Waals surface area contributed by atoms with Gasteiger partial charge >= 0.3 is 0 Å². The number of rotatable bonds is 3. The number of carboxylic acids is 1. The monoisotopic (exact) mass is 237 g/mol. The molecule has 0 saturated carbocycles. The van der Waals surface area contributed by atoms with Crippen molar-refractivity contribution >= 4 is 5.97 Å². The Morgan fingerprint density at radius 3 is 1.82 bits per heavy atom. The van der Waals surface area contributed by atoms with Crippen molar-refractivity contribution in [3.63, 3.8) is 0 Å². The summed E-state index contributed by atoms with van der Waals surface area (Å²) in [6, 6.07) is 2.87. The van der Waals surface area contributed by atoms with Gasteiger partial charge in [0, 0.05) is 17.1 Å². The van der Waals surface area contributed by atoms with Crippen molar-refractivity contribution in [1.29, 1.82) is 0 Å². The van der Waals surface area contributed by atoms with E-state index in [9.17, 15) is 0 Å². The molecular weight excluding hydrogens is 214 g/mol. The molecule has 0 bridgehead atoms. The fourth-order valence-electron chi connectivity index (χ4n) is 1.42. The minimum absolute atomic E-state index is 0.566. The van der Waals surface area contributed by atoms with Crippen LogP contribution in [-0.2, 0) is 17.6 Å². The average Bonchev–Trinajstić information content (AvgIpc) is 2.27. The molecule has 17 heavy (non-hydrogen) atoms. The summed E-state index contributed by atoms with van der Waals surface area (Å²) >= 11 is 0. The summed E-state index contributed by atoms with van der Waals surface area (Å²) in [4.78, 5) is 8.89. The maximum Gasteiger partial charge on any atom is 0.172 e. The Hall–Kier alpha value is -1.38. The minimum atomic E-state index is -1.08. The largest absolute Gasteiger partial charge is 0.550 e. The second-order valence-electron chi connectivity index (χ2n) is 4.29. The highest BCUT2D eigenvalue weighted by atomic mass is 16.4. The van der Waals surface area contributed by atoms with Crippen molar-refractivity contribution in [2.24, 2.45) is 0 Å². The van der Waals surface area contributed by atoms with Gasteiger partial charge in [-0.05, 0) is 39.7 Å². The van der Waals surface area contributed by atoms with Gasteiger partial charge in [-0.25, -0.2) is 4.57 Å². The van der Waals surface area contributed by atoms with E-state index in [1.165, 1.54) is 11.1 Å². The van der Waals surface area contributed by atoms with Crippen LogP contribution in [0.4, 0.5) is 0 Å². The average molecular weight is 237 g/mol. The SMILES string of the molecule is CC(=O)[O-].CCc1cc(CC)c[n+](C(C)C)c1. The molecule has 0 aromatic carbocycles. The van der Waals surface area contributed by atoms with Crippen LogP contribution in [-0.4, -0.2) is 5.97 Å². The van der Waals surface area contributed by atoms with E-state index in [2.05, 4.69) is 50.7 Å². The second kappa shape index (κ2) is 7.82. The summed E-state index contributed by atoms with van der Waals surface area (Å²) in [5, 5.41) is 8.89. The Morgan fingerprint density at radius 2 is 1.59 bits per heavy atom. The lowest BCUT2D eigenvalue weighted by Gasteiger charge is -2.04. The molecule has 0 unspecified atom stereocenters. The molecule has 0 spiro atoms. The van der Waals surface area contributed by atoms with Gasteiger partial charge in [-0.15, -0.1) is 0 Å². The predicted molar refractivity (Wildman–Crippen MR) is 66.5 cm³/mol. The molecule has 1 aromatic heterocycles. The topological polar surface area (TPSA) is 44.0 Å². The summed E-state index contributed by atoms with van der Waals surface area (Å²) in [7, 11) is 0. The quantitative estimate of drug-likeness (QED) is 0.747. The lowest BCUT2D eigenvalue weighted by Crippen LogP contribution is -2.36. The molecule has 0 aliphatic carbocycles. The summed E-state index contributed by atoms with van der Waals surface area (Å²) in [6.45, 7) is 9.83. The third-order valence-electron chi connectivity index (χ3n) is 2.41. The van der Waals surface area contributed by atoms with E-state index in [0.717, 1.165) is 19.8 Å². The summed E-state index contributed by atoms with van der Waals surface area (Å²) in [5.41, 5.74) is 2.88. The Morgan fingerprint density at radius 1 is 1.24 bits per heavy atom. The first kappa shape index (κ1) is 15.6. The summed E-state index contributed by atoms with van der Waals surface area (Å²) in [6.07, 6.45) is 6.76. The number of hydrogen-bond donors (Lipinski definition) is 0. The molecule has 0 aliphatic rings. The zero-order chi connectivity index (χ0) is 13.4. The van der Waals surface area contributed by atoms with E-state index in [1.54, 1.807) is 0 Å². The normalized spacial score (nSPS) is 9.76. The maximum atomic E-state index is 8.89. The van der Waals surface area contributed by atoms with E-state index in [4.69, 9.17) is 9.90 Å². The molecule has 0 N–H and O–H groups in total. The number of aromatic nitrogens is 1. The Bertz CT molecular complexity index is 333. The molecular formula is C14H23NO2. The van der Waals surface area contributed by atoms with E-state index in [-0.39, 0.29) is 0 Å². The lowest BCUT2D eigenvalue weighted by atomic mass is 10.1. The number of pyridine rings is 1. The maximum absolute atomic E-state index is 8.89. The summed E-state index contributed by atoms with van der Waals surface area (Å²) in [5.74, 6) is -1.08. The van der Waals surface area contributed by atoms with Crippen molar-refractivity contribution in [3.8, 4) is 0 Å². The van der Waals surface area contributed by atoms with Crippen molar-refractivity contribution in [3.05, 3.63) is 29.6 Å². The van der Waals surface area contributed by atoms with Crippen LogP contribution in [0.3, 0.4) is 0 Å². The molecule has 0 atom stereocenters. The molecule has 1 rings (SSSR count). The molecule has 0 aliphatic heterocycles. The Kier molecular flexibility index (Phi) is 7.19. The molecule has 0 radical (unpaired) electrons. The molecule has 0 fully saturated rings. The number of carbonyl (C=O) groups excluding carboxylic acids is 1. The van der Waals surface area contributed by atoms with Crippen molar-refractivity contribution in [1.82, 2.24) is 0 Å². The Labute approximate surface area is 104 Å². The minimum Gasteiger partial charge on any atom is -0.550 e. The molecule has 3 heteroatoms. The van der Waals surface area contributed by atoms with Gasteiger partial charge in [0.1, 0.15) is 0 Å². The number of carbonyl (C=O) groups is 1. The standard InChI is InChI=1S/C12H20N.C2H4O2/c1-5-11-7-12(6-2)9-13(8-11)10(3)4;1-2(3)4/h7-10H,5-6H2,1-4H3;1H3,(H,3,4)/q+1;/p-1. The highest BCUT2D eigenvalue weighted by molar-refractivity contribution is 5.60. The van der Waals surface area contributed by atoms with Crippen LogP contribution in [0.15, 0.2) is 18.5 Å². The van der Waals surface area contributed by atoms with Gasteiger partial charge in [-0.1, -0.05) is 13.8 Å². The van der Waals surface area contributed by atoms with Gasteiger partial charge in [-0.2, -0.15) is 0 Å².